The lowest BCUT2D eigenvalue weighted by molar-refractivity contribution is 0.158. The van der Waals surface area contributed by atoms with E-state index < -0.39 is 0 Å². The highest BCUT2D eigenvalue weighted by molar-refractivity contribution is 5.22. The Bertz CT molecular complexity index is 302. The summed E-state index contributed by atoms with van der Waals surface area (Å²) in [5, 5.41) is 12.4. The minimum absolute atomic E-state index is 0.105. The van der Waals surface area contributed by atoms with Gasteiger partial charge in [-0.1, -0.05) is 31.2 Å². The van der Waals surface area contributed by atoms with Crippen LogP contribution < -0.4 is 5.32 Å². The van der Waals surface area contributed by atoms with Crippen LogP contribution in [0.1, 0.15) is 18.1 Å². The summed E-state index contributed by atoms with van der Waals surface area (Å²) in [4.78, 5) is 0. The van der Waals surface area contributed by atoms with Crippen LogP contribution in [0.4, 0.5) is 0 Å². The summed E-state index contributed by atoms with van der Waals surface area (Å²) in [7, 11) is 1.72. The van der Waals surface area contributed by atoms with E-state index in [0.29, 0.717) is 5.92 Å². The third-order valence-electron chi connectivity index (χ3n) is 2.45. The molecule has 0 aliphatic carbocycles. The second kappa shape index (κ2) is 7.39. The van der Waals surface area contributed by atoms with Crippen molar-refractivity contribution in [3.8, 4) is 0 Å². The predicted octanol–water partition coefficient (Wildman–Crippen LogP) is 1.55. The average molecular weight is 223 g/mol. The Hall–Kier alpha value is -0.900. The summed E-state index contributed by atoms with van der Waals surface area (Å²) in [6, 6.07) is 7.99. The molecule has 0 aliphatic heterocycles. The van der Waals surface area contributed by atoms with Crippen LogP contribution in [0, 0.1) is 5.92 Å². The number of ether oxygens (including phenoxy) is 1. The molecule has 1 aromatic rings. The largest absolute Gasteiger partial charge is 0.392 e. The van der Waals surface area contributed by atoms with Gasteiger partial charge in [0.25, 0.3) is 0 Å². The zero-order valence-corrected chi connectivity index (χ0v) is 10.1. The van der Waals surface area contributed by atoms with Crippen molar-refractivity contribution in [1.82, 2.24) is 5.32 Å². The first kappa shape index (κ1) is 13.2. The van der Waals surface area contributed by atoms with E-state index in [-0.39, 0.29) is 6.61 Å². The van der Waals surface area contributed by atoms with E-state index in [4.69, 9.17) is 9.84 Å². The van der Waals surface area contributed by atoms with Crippen molar-refractivity contribution in [3.63, 3.8) is 0 Å². The fourth-order valence-corrected chi connectivity index (χ4v) is 1.64. The number of hydrogen-bond acceptors (Lipinski definition) is 3. The molecule has 3 heteroatoms. The van der Waals surface area contributed by atoms with Crippen LogP contribution in [0.25, 0.3) is 0 Å². The molecule has 90 valence electrons. The third kappa shape index (κ3) is 4.75. The van der Waals surface area contributed by atoms with Crippen LogP contribution in [0.3, 0.4) is 0 Å². The molecule has 1 atom stereocenters. The Morgan fingerprint density at radius 1 is 1.38 bits per heavy atom. The molecule has 0 spiro atoms. The predicted molar refractivity (Wildman–Crippen MR) is 65.1 cm³/mol. The number of hydrogen-bond donors (Lipinski definition) is 2. The fourth-order valence-electron chi connectivity index (χ4n) is 1.64. The molecule has 0 fully saturated rings. The quantitative estimate of drug-likeness (QED) is 0.737. The molecule has 2 N–H and O–H groups in total. The van der Waals surface area contributed by atoms with Crippen LogP contribution >= 0.6 is 0 Å². The number of nitrogens with one attached hydrogen (secondary N) is 1. The van der Waals surface area contributed by atoms with Crippen LogP contribution in [0.5, 0.6) is 0 Å². The number of rotatable bonds is 7. The minimum atomic E-state index is 0.105. The molecule has 0 aliphatic rings. The van der Waals surface area contributed by atoms with Crippen LogP contribution in [-0.2, 0) is 17.9 Å². The maximum Gasteiger partial charge on any atom is 0.0681 e. The highest BCUT2D eigenvalue weighted by Gasteiger charge is 2.00. The van der Waals surface area contributed by atoms with E-state index in [2.05, 4.69) is 18.3 Å². The molecule has 0 bridgehead atoms. The Morgan fingerprint density at radius 3 is 2.81 bits per heavy atom. The van der Waals surface area contributed by atoms with Crippen molar-refractivity contribution >= 4 is 0 Å². The van der Waals surface area contributed by atoms with E-state index in [1.54, 1.807) is 7.11 Å². The van der Waals surface area contributed by atoms with Gasteiger partial charge in [0, 0.05) is 26.8 Å². The van der Waals surface area contributed by atoms with Gasteiger partial charge in [-0.3, -0.25) is 0 Å². The second-order valence-corrected chi connectivity index (χ2v) is 4.17. The normalized spacial score (nSPS) is 12.7. The van der Waals surface area contributed by atoms with E-state index in [0.717, 1.165) is 25.3 Å². The standard InChI is InChI=1S/C13H21NO2/c1-11(10-16-2)7-14-8-12-4-3-5-13(6-12)9-15/h3-6,11,14-15H,7-10H2,1-2H3. The molecule has 0 saturated heterocycles. The minimum Gasteiger partial charge on any atom is -0.392 e. The SMILES string of the molecule is COCC(C)CNCc1cccc(CO)c1. The zero-order chi connectivity index (χ0) is 11.8. The van der Waals surface area contributed by atoms with Crippen molar-refractivity contribution in [2.45, 2.75) is 20.1 Å². The van der Waals surface area contributed by atoms with Gasteiger partial charge in [0.1, 0.15) is 0 Å². The first-order valence-corrected chi connectivity index (χ1v) is 5.64. The molecule has 1 aromatic carbocycles. The van der Waals surface area contributed by atoms with E-state index in [9.17, 15) is 0 Å². The van der Waals surface area contributed by atoms with Crippen molar-refractivity contribution in [3.05, 3.63) is 35.4 Å². The molecule has 1 unspecified atom stereocenters. The lowest BCUT2D eigenvalue weighted by Gasteiger charge is -2.11. The lowest BCUT2D eigenvalue weighted by atomic mass is 10.1. The summed E-state index contributed by atoms with van der Waals surface area (Å²) in [5.74, 6) is 0.519. The Labute approximate surface area is 97.4 Å². The maximum absolute atomic E-state index is 9.01. The highest BCUT2D eigenvalue weighted by Crippen LogP contribution is 2.05. The van der Waals surface area contributed by atoms with Gasteiger partial charge in [0.15, 0.2) is 0 Å². The molecule has 0 saturated carbocycles. The third-order valence-corrected chi connectivity index (χ3v) is 2.45. The molecule has 0 aromatic heterocycles. The monoisotopic (exact) mass is 223 g/mol. The smallest absolute Gasteiger partial charge is 0.0681 e. The molecule has 0 radical (unpaired) electrons. The maximum atomic E-state index is 9.01. The number of benzene rings is 1. The summed E-state index contributed by atoms with van der Waals surface area (Å²) in [5.41, 5.74) is 2.17. The molecule has 1 rings (SSSR count). The zero-order valence-electron chi connectivity index (χ0n) is 10.1. The fraction of sp³-hybridized carbons (Fsp3) is 0.538. The topological polar surface area (TPSA) is 41.5 Å². The van der Waals surface area contributed by atoms with Gasteiger partial charge in [-0.25, -0.2) is 0 Å². The number of aliphatic hydroxyl groups is 1. The van der Waals surface area contributed by atoms with Gasteiger partial charge < -0.3 is 15.2 Å². The van der Waals surface area contributed by atoms with Gasteiger partial charge >= 0.3 is 0 Å². The van der Waals surface area contributed by atoms with Crippen molar-refractivity contribution in [1.29, 1.82) is 0 Å². The molecule has 0 heterocycles. The molecular weight excluding hydrogens is 202 g/mol. The Balaban J connectivity index is 2.31. The Kier molecular flexibility index (Phi) is 6.08. The van der Waals surface area contributed by atoms with E-state index >= 15 is 0 Å². The summed E-state index contributed by atoms with van der Waals surface area (Å²) in [6.45, 7) is 4.82. The number of aliphatic hydroxyl groups excluding tert-OH is 1. The van der Waals surface area contributed by atoms with Crippen molar-refractivity contribution < 1.29 is 9.84 Å². The summed E-state index contributed by atoms with van der Waals surface area (Å²) < 4.78 is 5.07. The molecule has 3 nitrogen and oxygen atoms in total. The van der Waals surface area contributed by atoms with Crippen LogP contribution in [0.15, 0.2) is 24.3 Å². The van der Waals surface area contributed by atoms with Gasteiger partial charge in [-0.15, -0.1) is 0 Å². The summed E-state index contributed by atoms with van der Waals surface area (Å²) >= 11 is 0. The van der Waals surface area contributed by atoms with E-state index in [1.165, 1.54) is 5.56 Å². The van der Waals surface area contributed by atoms with E-state index in [1.807, 2.05) is 18.2 Å². The first-order chi connectivity index (χ1) is 7.76. The van der Waals surface area contributed by atoms with Crippen molar-refractivity contribution in [2.75, 3.05) is 20.3 Å². The summed E-state index contributed by atoms with van der Waals surface area (Å²) in [6.07, 6.45) is 0. The molecule has 16 heavy (non-hydrogen) atoms. The lowest BCUT2D eigenvalue weighted by Crippen LogP contribution is -2.23. The van der Waals surface area contributed by atoms with Crippen LogP contribution in [-0.4, -0.2) is 25.4 Å². The van der Waals surface area contributed by atoms with Gasteiger partial charge in [0.2, 0.25) is 0 Å². The molecular formula is C13H21NO2. The van der Waals surface area contributed by atoms with Crippen LogP contribution in [0.2, 0.25) is 0 Å². The Morgan fingerprint density at radius 2 is 2.12 bits per heavy atom. The van der Waals surface area contributed by atoms with Gasteiger partial charge in [0.05, 0.1) is 6.61 Å². The first-order valence-electron chi connectivity index (χ1n) is 5.64. The van der Waals surface area contributed by atoms with Crippen molar-refractivity contribution in [2.24, 2.45) is 5.92 Å². The van der Waals surface area contributed by atoms with Gasteiger partial charge in [-0.2, -0.15) is 0 Å². The average Bonchev–Trinajstić information content (AvgIpc) is 2.30. The number of methoxy groups -OCH3 is 1. The highest BCUT2D eigenvalue weighted by atomic mass is 16.5. The van der Waals surface area contributed by atoms with Gasteiger partial charge in [-0.05, 0) is 17.0 Å². The second-order valence-electron chi connectivity index (χ2n) is 4.17. The molecule has 0 amide bonds.